The van der Waals surface area contributed by atoms with Gasteiger partial charge in [0.2, 0.25) is 5.91 Å². The first kappa shape index (κ1) is 16.1. The van der Waals surface area contributed by atoms with Gasteiger partial charge in [-0.1, -0.05) is 29.8 Å². The highest BCUT2D eigenvalue weighted by Gasteiger charge is 2.33. The number of anilines is 1. The molecule has 1 aromatic heterocycles. The van der Waals surface area contributed by atoms with Gasteiger partial charge in [0.25, 0.3) is 0 Å². The molecule has 0 spiro atoms. The highest BCUT2D eigenvalue weighted by atomic mass is 32.2. The van der Waals surface area contributed by atoms with Crippen molar-refractivity contribution in [3.63, 3.8) is 0 Å². The van der Waals surface area contributed by atoms with E-state index >= 15 is 0 Å². The minimum atomic E-state index is -3.05. The van der Waals surface area contributed by atoms with Gasteiger partial charge in [0, 0.05) is 17.5 Å². The van der Waals surface area contributed by atoms with Crippen LogP contribution in [0.5, 0.6) is 0 Å². The standard InChI is InChI=1S/C16H18N2O3S2/c1-11-3-2-4-12(7-11)8-14-9-17-16(22-14)18-15(19)13-5-6-23(20,21)10-13/h2-4,7,9,13H,5-6,8,10H2,1H3,(H,17,18,19)/t13-/m0/s1. The van der Waals surface area contributed by atoms with Crippen molar-refractivity contribution in [1.29, 1.82) is 0 Å². The van der Waals surface area contributed by atoms with Gasteiger partial charge in [0.05, 0.1) is 17.4 Å². The number of aromatic nitrogens is 1. The number of nitrogens with zero attached hydrogens (tertiary/aromatic N) is 1. The van der Waals surface area contributed by atoms with Gasteiger partial charge in [-0.3, -0.25) is 4.79 Å². The van der Waals surface area contributed by atoms with Gasteiger partial charge in [0.1, 0.15) is 0 Å². The molecule has 1 amide bonds. The molecule has 5 nitrogen and oxygen atoms in total. The maximum absolute atomic E-state index is 12.1. The Bertz CT molecular complexity index is 827. The van der Waals surface area contributed by atoms with E-state index in [-0.39, 0.29) is 17.4 Å². The van der Waals surface area contributed by atoms with Crippen molar-refractivity contribution < 1.29 is 13.2 Å². The molecule has 1 aliphatic heterocycles. The van der Waals surface area contributed by atoms with Crippen LogP contribution in [0.3, 0.4) is 0 Å². The third kappa shape index (κ3) is 4.17. The van der Waals surface area contributed by atoms with E-state index in [2.05, 4.69) is 35.4 Å². The Balaban J connectivity index is 1.62. The number of rotatable bonds is 4. The molecule has 3 rings (SSSR count). The summed E-state index contributed by atoms with van der Waals surface area (Å²) in [5.41, 5.74) is 2.41. The molecule has 1 aliphatic rings. The van der Waals surface area contributed by atoms with Crippen molar-refractivity contribution in [3.05, 3.63) is 46.5 Å². The fraction of sp³-hybridized carbons (Fsp3) is 0.375. The van der Waals surface area contributed by atoms with Crippen LogP contribution in [0.4, 0.5) is 5.13 Å². The van der Waals surface area contributed by atoms with Crippen LogP contribution in [0.1, 0.15) is 22.4 Å². The van der Waals surface area contributed by atoms with Crippen molar-refractivity contribution >= 4 is 32.2 Å². The summed E-state index contributed by atoms with van der Waals surface area (Å²) in [5.74, 6) is -0.659. The largest absolute Gasteiger partial charge is 0.302 e. The third-order valence-corrected chi connectivity index (χ3v) is 6.53. The maximum Gasteiger partial charge on any atom is 0.230 e. The van der Waals surface area contributed by atoms with E-state index in [1.807, 2.05) is 6.07 Å². The van der Waals surface area contributed by atoms with Gasteiger partial charge in [-0.15, -0.1) is 11.3 Å². The van der Waals surface area contributed by atoms with Gasteiger partial charge in [0.15, 0.2) is 15.0 Å². The van der Waals surface area contributed by atoms with Crippen LogP contribution in [0.15, 0.2) is 30.5 Å². The number of hydrogen-bond donors (Lipinski definition) is 1. The molecule has 2 aromatic rings. The molecule has 7 heteroatoms. The lowest BCUT2D eigenvalue weighted by Gasteiger charge is -2.06. The normalized spacial score (nSPS) is 19.6. The van der Waals surface area contributed by atoms with Crippen LogP contribution in [-0.2, 0) is 21.1 Å². The fourth-order valence-corrected chi connectivity index (χ4v) is 5.27. The molecule has 1 fully saturated rings. The first-order valence-electron chi connectivity index (χ1n) is 7.43. The second kappa shape index (κ2) is 6.41. The zero-order valence-corrected chi connectivity index (χ0v) is 14.4. The lowest BCUT2D eigenvalue weighted by atomic mass is 10.1. The van der Waals surface area contributed by atoms with E-state index in [4.69, 9.17) is 0 Å². The zero-order valence-electron chi connectivity index (χ0n) is 12.8. The van der Waals surface area contributed by atoms with Gasteiger partial charge in [-0.05, 0) is 18.9 Å². The molecular weight excluding hydrogens is 332 g/mol. The number of sulfone groups is 1. The third-order valence-electron chi connectivity index (χ3n) is 3.85. The van der Waals surface area contributed by atoms with Gasteiger partial charge < -0.3 is 5.32 Å². The second-order valence-electron chi connectivity index (χ2n) is 5.89. The van der Waals surface area contributed by atoms with Crippen LogP contribution in [0.25, 0.3) is 0 Å². The quantitative estimate of drug-likeness (QED) is 0.919. The molecule has 0 aliphatic carbocycles. The molecule has 0 saturated carbocycles. The smallest absolute Gasteiger partial charge is 0.230 e. The van der Waals surface area contributed by atoms with E-state index in [9.17, 15) is 13.2 Å². The molecule has 1 atom stereocenters. The van der Waals surface area contributed by atoms with Crippen molar-refractivity contribution in [3.8, 4) is 0 Å². The molecule has 1 N–H and O–H groups in total. The average Bonchev–Trinajstić information content (AvgIpc) is 3.05. The number of amides is 1. The maximum atomic E-state index is 12.1. The molecule has 1 aromatic carbocycles. The number of thiazole rings is 1. The van der Waals surface area contributed by atoms with E-state index in [0.717, 1.165) is 11.3 Å². The van der Waals surface area contributed by atoms with Gasteiger partial charge >= 0.3 is 0 Å². The summed E-state index contributed by atoms with van der Waals surface area (Å²) in [6.45, 7) is 2.05. The molecule has 0 bridgehead atoms. The van der Waals surface area contributed by atoms with Crippen molar-refractivity contribution in [1.82, 2.24) is 4.98 Å². The van der Waals surface area contributed by atoms with Crippen LogP contribution < -0.4 is 5.32 Å². The number of benzene rings is 1. The zero-order chi connectivity index (χ0) is 16.4. The summed E-state index contributed by atoms with van der Waals surface area (Å²) in [6, 6.07) is 8.27. The van der Waals surface area contributed by atoms with Crippen molar-refractivity contribution in [2.75, 3.05) is 16.8 Å². The lowest BCUT2D eigenvalue weighted by Crippen LogP contribution is -2.23. The molecule has 1 saturated heterocycles. The minimum absolute atomic E-state index is 0.0552. The molecular formula is C16H18N2O3S2. The summed E-state index contributed by atoms with van der Waals surface area (Å²) in [4.78, 5) is 17.4. The predicted octanol–water partition coefficient (Wildman–Crippen LogP) is 2.42. The van der Waals surface area contributed by atoms with E-state index in [1.165, 1.54) is 22.5 Å². The van der Waals surface area contributed by atoms with Crippen molar-refractivity contribution in [2.45, 2.75) is 19.8 Å². The molecule has 122 valence electrons. The number of carbonyl (C=O) groups excluding carboxylic acids is 1. The Labute approximate surface area is 139 Å². The minimum Gasteiger partial charge on any atom is -0.302 e. The number of aryl methyl sites for hydroxylation is 1. The average molecular weight is 350 g/mol. The number of carbonyl (C=O) groups is 1. The second-order valence-corrected chi connectivity index (χ2v) is 9.23. The lowest BCUT2D eigenvalue weighted by molar-refractivity contribution is -0.119. The Kier molecular flexibility index (Phi) is 4.50. The van der Waals surface area contributed by atoms with E-state index in [1.54, 1.807) is 6.20 Å². The summed E-state index contributed by atoms with van der Waals surface area (Å²) >= 11 is 1.43. The number of nitrogens with one attached hydrogen (secondary N) is 1. The van der Waals surface area contributed by atoms with E-state index in [0.29, 0.717) is 11.6 Å². The molecule has 2 heterocycles. The SMILES string of the molecule is Cc1cccc(Cc2cnc(NC(=O)[C@H]3CCS(=O)(=O)C3)s2)c1. The first-order valence-corrected chi connectivity index (χ1v) is 10.1. The predicted molar refractivity (Wildman–Crippen MR) is 91.5 cm³/mol. The van der Waals surface area contributed by atoms with Crippen LogP contribution in [0.2, 0.25) is 0 Å². The van der Waals surface area contributed by atoms with E-state index < -0.39 is 15.8 Å². The fourth-order valence-electron chi connectivity index (χ4n) is 2.68. The summed E-state index contributed by atoms with van der Waals surface area (Å²) in [7, 11) is -3.05. The van der Waals surface area contributed by atoms with Gasteiger partial charge in [-0.2, -0.15) is 0 Å². The van der Waals surface area contributed by atoms with Crippen molar-refractivity contribution in [2.24, 2.45) is 5.92 Å². The Morgan fingerprint density at radius 1 is 1.43 bits per heavy atom. The van der Waals surface area contributed by atoms with Crippen LogP contribution in [0, 0.1) is 12.8 Å². The summed E-state index contributed by atoms with van der Waals surface area (Å²) in [5, 5.41) is 3.27. The monoisotopic (exact) mass is 350 g/mol. The number of hydrogen-bond acceptors (Lipinski definition) is 5. The summed E-state index contributed by atoms with van der Waals surface area (Å²) in [6.07, 6.45) is 2.93. The van der Waals surface area contributed by atoms with Crippen LogP contribution in [-0.4, -0.2) is 30.8 Å². The Morgan fingerprint density at radius 3 is 2.96 bits per heavy atom. The molecule has 0 radical (unpaired) electrons. The Hall–Kier alpha value is -1.73. The molecule has 23 heavy (non-hydrogen) atoms. The summed E-state index contributed by atoms with van der Waals surface area (Å²) < 4.78 is 22.9. The van der Waals surface area contributed by atoms with Gasteiger partial charge in [-0.25, -0.2) is 13.4 Å². The highest BCUT2D eigenvalue weighted by Crippen LogP contribution is 2.24. The topological polar surface area (TPSA) is 76.1 Å². The molecule has 0 unspecified atom stereocenters. The highest BCUT2D eigenvalue weighted by molar-refractivity contribution is 7.91. The first-order chi connectivity index (χ1) is 10.9. The Morgan fingerprint density at radius 2 is 2.26 bits per heavy atom. The van der Waals surface area contributed by atoms with Crippen LogP contribution >= 0.6 is 11.3 Å².